The Morgan fingerprint density at radius 1 is 1.39 bits per heavy atom. The molecular weight excluding hydrogens is 232 g/mol. The number of amides is 1. The average molecular weight is 250 g/mol. The maximum atomic E-state index is 12.1. The highest BCUT2D eigenvalue weighted by Gasteiger charge is 2.30. The number of aliphatic hydroxyl groups is 1. The van der Waals surface area contributed by atoms with Crippen molar-refractivity contribution in [2.24, 2.45) is 0 Å². The van der Waals surface area contributed by atoms with Crippen LogP contribution in [0.2, 0.25) is 0 Å². The molecule has 0 spiro atoms. The van der Waals surface area contributed by atoms with E-state index in [1.54, 1.807) is 36.2 Å². The van der Waals surface area contributed by atoms with Gasteiger partial charge in [-0.1, -0.05) is 12.1 Å². The Balaban J connectivity index is 1.97. The fourth-order valence-electron chi connectivity index (χ4n) is 2.14. The van der Waals surface area contributed by atoms with Crippen LogP contribution in [-0.2, 0) is 11.2 Å². The Hall–Kier alpha value is -1.59. The van der Waals surface area contributed by atoms with Gasteiger partial charge in [0.15, 0.2) is 0 Å². The molecule has 5 nitrogen and oxygen atoms in total. The molecule has 3 N–H and O–H groups in total. The van der Waals surface area contributed by atoms with Crippen molar-refractivity contribution in [2.45, 2.75) is 18.6 Å². The van der Waals surface area contributed by atoms with E-state index in [1.165, 1.54) is 0 Å². The van der Waals surface area contributed by atoms with Crippen LogP contribution in [0.25, 0.3) is 0 Å². The number of likely N-dealkylation sites (N-methyl/N-ethyl adjacent to an activating group) is 1. The number of phenolic OH excluding ortho intramolecular Hbond substituents is 1. The lowest BCUT2D eigenvalue weighted by molar-refractivity contribution is -0.132. The summed E-state index contributed by atoms with van der Waals surface area (Å²) in [5.41, 5.74) is 0.852. The van der Waals surface area contributed by atoms with Gasteiger partial charge in [0.05, 0.1) is 18.6 Å². The number of carbonyl (C=O) groups is 1. The summed E-state index contributed by atoms with van der Waals surface area (Å²) in [4.78, 5) is 13.6. The minimum absolute atomic E-state index is 0.0339. The van der Waals surface area contributed by atoms with E-state index in [0.717, 1.165) is 5.56 Å². The van der Waals surface area contributed by atoms with E-state index in [4.69, 9.17) is 0 Å². The fourth-order valence-corrected chi connectivity index (χ4v) is 2.14. The van der Waals surface area contributed by atoms with Crippen LogP contribution in [0.5, 0.6) is 5.75 Å². The quantitative estimate of drug-likeness (QED) is 0.690. The molecule has 0 aromatic heterocycles. The molecule has 0 aliphatic carbocycles. The maximum Gasteiger partial charge on any atom is 0.227 e. The van der Waals surface area contributed by atoms with E-state index in [1.807, 2.05) is 0 Å². The molecule has 18 heavy (non-hydrogen) atoms. The normalized spacial score (nSPS) is 23.0. The van der Waals surface area contributed by atoms with E-state index in [2.05, 4.69) is 5.32 Å². The topological polar surface area (TPSA) is 72.8 Å². The molecule has 98 valence electrons. The summed E-state index contributed by atoms with van der Waals surface area (Å²) in [5, 5.41) is 21.9. The lowest BCUT2D eigenvalue weighted by Gasteiger charge is -2.26. The van der Waals surface area contributed by atoms with Crippen LogP contribution in [0.15, 0.2) is 24.3 Å². The molecule has 0 unspecified atom stereocenters. The molecule has 1 aliphatic heterocycles. The number of nitrogens with zero attached hydrogens (tertiary/aromatic N) is 1. The second-order valence-electron chi connectivity index (χ2n) is 4.64. The Morgan fingerprint density at radius 3 is 2.61 bits per heavy atom. The highest BCUT2D eigenvalue weighted by atomic mass is 16.3. The zero-order valence-electron chi connectivity index (χ0n) is 10.3. The molecule has 0 radical (unpaired) electrons. The van der Waals surface area contributed by atoms with Crippen LogP contribution < -0.4 is 5.32 Å². The minimum atomic E-state index is -0.501. The number of hydrogen-bond donors (Lipinski definition) is 3. The molecule has 1 amide bonds. The largest absolute Gasteiger partial charge is 0.508 e. The second-order valence-corrected chi connectivity index (χ2v) is 4.64. The number of aromatic hydroxyl groups is 1. The third kappa shape index (κ3) is 2.80. The minimum Gasteiger partial charge on any atom is -0.508 e. The zero-order valence-corrected chi connectivity index (χ0v) is 10.3. The number of phenols is 1. The molecule has 1 fully saturated rings. The van der Waals surface area contributed by atoms with Gasteiger partial charge in [0.2, 0.25) is 5.91 Å². The Kier molecular flexibility index (Phi) is 3.84. The highest BCUT2D eigenvalue weighted by Crippen LogP contribution is 2.13. The third-order valence-corrected chi connectivity index (χ3v) is 3.33. The number of rotatable bonds is 3. The molecule has 2 atom stereocenters. The molecule has 0 saturated carbocycles. The van der Waals surface area contributed by atoms with Gasteiger partial charge < -0.3 is 20.4 Å². The third-order valence-electron chi connectivity index (χ3n) is 3.33. The van der Waals surface area contributed by atoms with Gasteiger partial charge in [0.25, 0.3) is 0 Å². The first kappa shape index (κ1) is 12.9. The summed E-state index contributed by atoms with van der Waals surface area (Å²) < 4.78 is 0. The summed E-state index contributed by atoms with van der Waals surface area (Å²) >= 11 is 0. The molecule has 0 bridgehead atoms. The van der Waals surface area contributed by atoms with Crippen molar-refractivity contribution < 1.29 is 15.0 Å². The summed E-state index contributed by atoms with van der Waals surface area (Å²) in [5.74, 6) is 0.156. The van der Waals surface area contributed by atoms with Crippen LogP contribution in [-0.4, -0.2) is 53.3 Å². The molecule has 5 heteroatoms. The average Bonchev–Trinajstić information content (AvgIpc) is 2.77. The molecule has 2 rings (SSSR count). The second kappa shape index (κ2) is 5.37. The SMILES string of the molecule is CN(C(=O)Cc1ccc(O)cc1)[C@@H]1CNC[C@H]1O. The van der Waals surface area contributed by atoms with Crippen molar-refractivity contribution in [1.29, 1.82) is 0 Å². The molecule has 1 aliphatic rings. The monoisotopic (exact) mass is 250 g/mol. The lowest BCUT2D eigenvalue weighted by atomic mass is 10.1. The molecule has 1 heterocycles. The van der Waals surface area contributed by atoms with Gasteiger partial charge >= 0.3 is 0 Å². The van der Waals surface area contributed by atoms with Crippen LogP contribution in [0, 0.1) is 0 Å². The maximum absolute atomic E-state index is 12.1. The van der Waals surface area contributed by atoms with Gasteiger partial charge in [0, 0.05) is 20.1 Å². The van der Waals surface area contributed by atoms with E-state index >= 15 is 0 Å². The predicted octanol–water partition coefficient (Wildman–Crippen LogP) is -0.274. The molecule has 1 aromatic rings. The van der Waals surface area contributed by atoms with Crippen molar-refractivity contribution in [2.75, 3.05) is 20.1 Å². The molecule has 1 saturated heterocycles. The van der Waals surface area contributed by atoms with Crippen molar-refractivity contribution in [3.63, 3.8) is 0 Å². The number of carbonyl (C=O) groups excluding carboxylic acids is 1. The first-order chi connectivity index (χ1) is 8.58. The molecule has 1 aromatic carbocycles. The van der Waals surface area contributed by atoms with Gasteiger partial charge in [-0.05, 0) is 17.7 Å². The van der Waals surface area contributed by atoms with E-state index in [-0.39, 0.29) is 24.1 Å². The van der Waals surface area contributed by atoms with Gasteiger partial charge in [0.1, 0.15) is 5.75 Å². The lowest BCUT2D eigenvalue weighted by Crippen LogP contribution is -2.44. The van der Waals surface area contributed by atoms with Gasteiger partial charge in [-0.25, -0.2) is 0 Å². The zero-order chi connectivity index (χ0) is 13.1. The smallest absolute Gasteiger partial charge is 0.227 e. The van der Waals surface area contributed by atoms with Gasteiger partial charge in [-0.2, -0.15) is 0 Å². The summed E-state index contributed by atoms with van der Waals surface area (Å²) in [7, 11) is 1.71. The highest BCUT2D eigenvalue weighted by molar-refractivity contribution is 5.79. The van der Waals surface area contributed by atoms with E-state index in [9.17, 15) is 15.0 Å². The van der Waals surface area contributed by atoms with E-state index in [0.29, 0.717) is 13.1 Å². The van der Waals surface area contributed by atoms with Crippen molar-refractivity contribution in [3.8, 4) is 5.75 Å². The fraction of sp³-hybridized carbons (Fsp3) is 0.462. The molecular formula is C13H18N2O3. The summed E-state index contributed by atoms with van der Waals surface area (Å²) in [6, 6.07) is 6.42. The van der Waals surface area contributed by atoms with Crippen LogP contribution >= 0.6 is 0 Å². The standard InChI is InChI=1S/C13H18N2O3/c1-15(11-7-14-8-12(11)17)13(18)6-9-2-4-10(16)5-3-9/h2-5,11-12,14,16-17H,6-8H2,1H3/t11-,12-/m1/s1. The summed E-state index contributed by atoms with van der Waals surface area (Å²) in [6.07, 6.45) is -0.223. The Morgan fingerprint density at radius 2 is 2.06 bits per heavy atom. The predicted molar refractivity (Wildman–Crippen MR) is 67.2 cm³/mol. The Labute approximate surface area is 106 Å². The van der Waals surface area contributed by atoms with Crippen LogP contribution in [0.4, 0.5) is 0 Å². The van der Waals surface area contributed by atoms with Crippen molar-refractivity contribution in [1.82, 2.24) is 10.2 Å². The number of nitrogens with one attached hydrogen (secondary N) is 1. The number of β-amino-alcohol motifs (C(OH)–C–C–N with tert-alkyl or cyclic N) is 1. The van der Waals surface area contributed by atoms with Gasteiger partial charge in [-0.15, -0.1) is 0 Å². The first-order valence-corrected chi connectivity index (χ1v) is 6.00. The van der Waals surface area contributed by atoms with Crippen molar-refractivity contribution in [3.05, 3.63) is 29.8 Å². The van der Waals surface area contributed by atoms with E-state index < -0.39 is 6.10 Å². The number of aliphatic hydroxyl groups excluding tert-OH is 1. The van der Waals surface area contributed by atoms with Gasteiger partial charge in [-0.3, -0.25) is 4.79 Å². The van der Waals surface area contributed by atoms with Crippen molar-refractivity contribution >= 4 is 5.91 Å². The first-order valence-electron chi connectivity index (χ1n) is 6.00. The number of benzene rings is 1. The van der Waals surface area contributed by atoms with Crippen LogP contribution in [0.3, 0.4) is 0 Å². The van der Waals surface area contributed by atoms with Crippen LogP contribution in [0.1, 0.15) is 5.56 Å². The summed E-state index contributed by atoms with van der Waals surface area (Å²) in [6.45, 7) is 1.15. The number of hydrogen-bond acceptors (Lipinski definition) is 4. The Bertz CT molecular complexity index is 419.